The highest BCUT2D eigenvalue weighted by Crippen LogP contribution is 2.02. The number of hydrogen-bond donors (Lipinski definition) is 1. The topological polar surface area (TPSA) is 29.1 Å². The highest BCUT2D eigenvalue weighted by molar-refractivity contribution is 5.76. The SMILES string of the molecule is C#CCNC(=O)CCC(C)C. The molecule has 0 aromatic carbocycles. The van der Waals surface area contributed by atoms with Gasteiger partial charge in [-0.1, -0.05) is 19.8 Å². The molecule has 0 bridgehead atoms. The Morgan fingerprint density at radius 1 is 1.64 bits per heavy atom. The largest absolute Gasteiger partial charge is 0.345 e. The van der Waals surface area contributed by atoms with E-state index in [0.29, 0.717) is 18.9 Å². The van der Waals surface area contributed by atoms with Crippen LogP contribution in [-0.4, -0.2) is 12.5 Å². The summed E-state index contributed by atoms with van der Waals surface area (Å²) < 4.78 is 0. The molecule has 0 aromatic rings. The molecule has 1 N–H and O–H groups in total. The highest BCUT2D eigenvalue weighted by atomic mass is 16.1. The van der Waals surface area contributed by atoms with Crippen LogP contribution < -0.4 is 5.32 Å². The van der Waals surface area contributed by atoms with Crippen molar-refractivity contribution in [2.75, 3.05) is 6.54 Å². The number of carbonyl (C=O) groups is 1. The van der Waals surface area contributed by atoms with Gasteiger partial charge < -0.3 is 5.32 Å². The van der Waals surface area contributed by atoms with E-state index in [1.165, 1.54) is 0 Å². The Labute approximate surface area is 68.4 Å². The predicted molar refractivity (Wildman–Crippen MR) is 45.9 cm³/mol. The third-order valence-corrected chi connectivity index (χ3v) is 1.34. The zero-order chi connectivity index (χ0) is 8.69. The van der Waals surface area contributed by atoms with Gasteiger partial charge in [0.1, 0.15) is 0 Å². The van der Waals surface area contributed by atoms with Crippen LogP contribution in [-0.2, 0) is 4.79 Å². The maximum atomic E-state index is 10.9. The second kappa shape index (κ2) is 5.79. The smallest absolute Gasteiger partial charge is 0.220 e. The van der Waals surface area contributed by atoms with E-state index in [1.54, 1.807) is 0 Å². The van der Waals surface area contributed by atoms with Gasteiger partial charge in [-0.2, -0.15) is 0 Å². The van der Waals surface area contributed by atoms with E-state index < -0.39 is 0 Å². The molecule has 2 nitrogen and oxygen atoms in total. The van der Waals surface area contributed by atoms with Crippen molar-refractivity contribution in [3.8, 4) is 12.3 Å². The Morgan fingerprint density at radius 3 is 2.73 bits per heavy atom. The van der Waals surface area contributed by atoms with Gasteiger partial charge in [0, 0.05) is 6.42 Å². The number of hydrogen-bond acceptors (Lipinski definition) is 1. The summed E-state index contributed by atoms with van der Waals surface area (Å²) >= 11 is 0. The summed E-state index contributed by atoms with van der Waals surface area (Å²) in [4.78, 5) is 10.9. The van der Waals surface area contributed by atoms with Gasteiger partial charge in [-0.3, -0.25) is 4.79 Å². The second-order valence-electron chi connectivity index (χ2n) is 2.91. The molecule has 2 heteroatoms. The van der Waals surface area contributed by atoms with Crippen LogP contribution in [0.1, 0.15) is 26.7 Å². The Bertz CT molecular complexity index is 155. The summed E-state index contributed by atoms with van der Waals surface area (Å²) in [5, 5.41) is 2.61. The molecule has 0 aliphatic rings. The van der Waals surface area contributed by atoms with Gasteiger partial charge in [-0.25, -0.2) is 0 Å². The first-order valence-electron chi connectivity index (χ1n) is 3.87. The van der Waals surface area contributed by atoms with Gasteiger partial charge in [0.25, 0.3) is 0 Å². The van der Waals surface area contributed by atoms with Crippen molar-refractivity contribution in [1.82, 2.24) is 5.32 Å². The molecule has 0 aromatic heterocycles. The van der Waals surface area contributed by atoms with Crippen LogP contribution in [0, 0.1) is 18.3 Å². The zero-order valence-corrected chi connectivity index (χ0v) is 7.18. The zero-order valence-electron chi connectivity index (χ0n) is 7.18. The monoisotopic (exact) mass is 153 g/mol. The molecule has 11 heavy (non-hydrogen) atoms. The first-order chi connectivity index (χ1) is 5.16. The van der Waals surface area contributed by atoms with Crippen molar-refractivity contribution in [3.63, 3.8) is 0 Å². The molecule has 0 unspecified atom stereocenters. The molecule has 0 spiro atoms. The normalized spacial score (nSPS) is 9.27. The van der Waals surface area contributed by atoms with Crippen LogP contribution >= 0.6 is 0 Å². The summed E-state index contributed by atoms with van der Waals surface area (Å²) in [5.41, 5.74) is 0. The Balaban J connectivity index is 3.32. The van der Waals surface area contributed by atoms with Crippen LogP contribution in [0.15, 0.2) is 0 Å². The van der Waals surface area contributed by atoms with E-state index in [4.69, 9.17) is 6.42 Å². The molecular formula is C9H15NO. The van der Waals surface area contributed by atoms with E-state index in [2.05, 4.69) is 25.1 Å². The lowest BCUT2D eigenvalue weighted by Crippen LogP contribution is -2.23. The van der Waals surface area contributed by atoms with E-state index in [1.807, 2.05) is 0 Å². The maximum absolute atomic E-state index is 10.9. The Kier molecular flexibility index (Phi) is 5.28. The number of amides is 1. The summed E-state index contributed by atoms with van der Waals surface area (Å²) in [7, 11) is 0. The molecular weight excluding hydrogens is 138 g/mol. The minimum Gasteiger partial charge on any atom is -0.345 e. The van der Waals surface area contributed by atoms with Crippen LogP contribution in [0.4, 0.5) is 0 Å². The van der Waals surface area contributed by atoms with Gasteiger partial charge in [0.05, 0.1) is 6.54 Å². The minimum atomic E-state index is 0.0525. The van der Waals surface area contributed by atoms with E-state index in [9.17, 15) is 4.79 Å². The highest BCUT2D eigenvalue weighted by Gasteiger charge is 2.00. The first-order valence-corrected chi connectivity index (χ1v) is 3.87. The molecule has 0 aliphatic heterocycles. The quantitative estimate of drug-likeness (QED) is 0.603. The summed E-state index contributed by atoms with van der Waals surface area (Å²) in [6.07, 6.45) is 6.48. The number of carbonyl (C=O) groups excluding carboxylic acids is 1. The Hall–Kier alpha value is -0.970. The van der Waals surface area contributed by atoms with Crippen LogP contribution in [0.5, 0.6) is 0 Å². The standard InChI is InChI=1S/C9H15NO/c1-4-7-10-9(11)6-5-8(2)3/h1,8H,5-7H2,2-3H3,(H,10,11). The van der Waals surface area contributed by atoms with Crippen molar-refractivity contribution in [2.45, 2.75) is 26.7 Å². The fourth-order valence-corrected chi connectivity index (χ4v) is 0.658. The molecule has 62 valence electrons. The maximum Gasteiger partial charge on any atom is 0.220 e. The Morgan fingerprint density at radius 2 is 2.27 bits per heavy atom. The average molecular weight is 153 g/mol. The predicted octanol–water partition coefficient (Wildman–Crippen LogP) is 1.17. The third kappa shape index (κ3) is 6.92. The number of rotatable bonds is 4. The van der Waals surface area contributed by atoms with E-state index >= 15 is 0 Å². The molecule has 0 aliphatic carbocycles. The number of nitrogens with one attached hydrogen (secondary N) is 1. The molecule has 0 atom stereocenters. The lowest BCUT2D eigenvalue weighted by molar-refractivity contribution is -0.121. The molecule has 0 radical (unpaired) electrons. The third-order valence-electron chi connectivity index (χ3n) is 1.34. The molecule has 1 amide bonds. The molecule has 0 saturated heterocycles. The number of terminal acetylenes is 1. The minimum absolute atomic E-state index is 0.0525. The van der Waals surface area contributed by atoms with Crippen LogP contribution in [0.25, 0.3) is 0 Å². The fourth-order valence-electron chi connectivity index (χ4n) is 0.658. The van der Waals surface area contributed by atoms with Crippen molar-refractivity contribution < 1.29 is 4.79 Å². The average Bonchev–Trinajstić information content (AvgIpc) is 1.97. The second-order valence-corrected chi connectivity index (χ2v) is 2.91. The van der Waals surface area contributed by atoms with Gasteiger partial charge in [-0.15, -0.1) is 6.42 Å². The van der Waals surface area contributed by atoms with Crippen molar-refractivity contribution in [3.05, 3.63) is 0 Å². The van der Waals surface area contributed by atoms with Crippen LogP contribution in [0.2, 0.25) is 0 Å². The lowest BCUT2D eigenvalue weighted by Gasteiger charge is -2.03. The lowest BCUT2D eigenvalue weighted by atomic mass is 10.1. The van der Waals surface area contributed by atoms with Gasteiger partial charge in [0.15, 0.2) is 0 Å². The summed E-state index contributed by atoms with van der Waals surface area (Å²) in [6.45, 7) is 4.53. The molecule has 0 saturated carbocycles. The van der Waals surface area contributed by atoms with Gasteiger partial charge in [0.2, 0.25) is 5.91 Å². The van der Waals surface area contributed by atoms with E-state index in [-0.39, 0.29) is 5.91 Å². The van der Waals surface area contributed by atoms with E-state index in [0.717, 1.165) is 6.42 Å². The summed E-state index contributed by atoms with van der Waals surface area (Å²) in [5.74, 6) is 2.98. The first kappa shape index (κ1) is 10.0. The molecule has 0 heterocycles. The fraction of sp³-hybridized carbons (Fsp3) is 0.667. The van der Waals surface area contributed by atoms with Crippen molar-refractivity contribution in [2.24, 2.45) is 5.92 Å². The van der Waals surface area contributed by atoms with Crippen molar-refractivity contribution >= 4 is 5.91 Å². The molecule has 0 rings (SSSR count). The van der Waals surface area contributed by atoms with Gasteiger partial charge in [-0.05, 0) is 12.3 Å². The molecule has 0 fully saturated rings. The van der Waals surface area contributed by atoms with Gasteiger partial charge >= 0.3 is 0 Å². The van der Waals surface area contributed by atoms with Crippen molar-refractivity contribution in [1.29, 1.82) is 0 Å². The van der Waals surface area contributed by atoms with Crippen LogP contribution in [0.3, 0.4) is 0 Å². The summed E-state index contributed by atoms with van der Waals surface area (Å²) in [6, 6.07) is 0.